The number of fused-ring (bicyclic) bond motifs is 1. The van der Waals surface area contributed by atoms with Crippen molar-refractivity contribution >= 4 is 35.1 Å². The maximum absolute atomic E-state index is 12.6. The third-order valence-electron chi connectivity index (χ3n) is 8.60. The molecule has 1 atom stereocenters. The van der Waals surface area contributed by atoms with Crippen molar-refractivity contribution in [2.75, 3.05) is 64.3 Å². The van der Waals surface area contributed by atoms with Gasteiger partial charge in [-0.3, -0.25) is 9.69 Å². The molecule has 2 amide bonds. The standard InChI is InChI=1S/C33H44N10O6/c1-33(2,3)49-32(45)40-14-12-39(13-15-40)18-21-9-10-24-30(37-31(38-43(21)24)42-11-7-8-23(42)29(34)44)36-27-19-41(20-35-27)22-16-25(46-4)28(48-6)26(17-22)47-5/h9-10,16-17,19-20,23H,7-8,11-15,18H2,1-6H3,(H2,34,44)(H,36,37,38)/t23-/m0/s1. The van der Waals surface area contributed by atoms with E-state index in [2.05, 4.69) is 15.2 Å². The van der Waals surface area contributed by atoms with Crippen LogP contribution in [0.3, 0.4) is 0 Å². The molecule has 0 bridgehead atoms. The van der Waals surface area contributed by atoms with Crippen LogP contribution in [0.15, 0.2) is 36.8 Å². The molecule has 0 radical (unpaired) electrons. The summed E-state index contributed by atoms with van der Waals surface area (Å²) in [4.78, 5) is 40.3. The Morgan fingerprint density at radius 2 is 1.71 bits per heavy atom. The number of piperazine rings is 1. The highest BCUT2D eigenvalue weighted by atomic mass is 16.6. The molecule has 16 nitrogen and oxygen atoms in total. The number of nitrogens with one attached hydrogen (secondary N) is 1. The van der Waals surface area contributed by atoms with E-state index in [1.807, 2.05) is 65.2 Å². The molecule has 0 aliphatic carbocycles. The summed E-state index contributed by atoms with van der Waals surface area (Å²) in [5.41, 5.74) is 7.66. The number of primary amides is 1. The first-order valence-corrected chi connectivity index (χ1v) is 16.2. The lowest BCUT2D eigenvalue weighted by Crippen LogP contribution is -2.49. The number of aromatic nitrogens is 5. The Balaban J connectivity index is 1.28. The molecule has 1 aromatic carbocycles. The molecule has 4 aromatic rings. The van der Waals surface area contributed by atoms with Gasteiger partial charge in [0.25, 0.3) is 0 Å². The first-order valence-electron chi connectivity index (χ1n) is 16.2. The Hall–Kier alpha value is -5.25. The van der Waals surface area contributed by atoms with E-state index in [1.54, 1.807) is 32.6 Å². The molecule has 3 N–H and O–H groups in total. The van der Waals surface area contributed by atoms with Crippen LogP contribution in [0.4, 0.5) is 22.4 Å². The Kier molecular flexibility index (Phi) is 9.41. The van der Waals surface area contributed by atoms with Crippen molar-refractivity contribution in [2.45, 2.75) is 51.8 Å². The molecule has 0 spiro atoms. The van der Waals surface area contributed by atoms with Crippen molar-refractivity contribution in [1.29, 1.82) is 0 Å². The third-order valence-corrected chi connectivity index (χ3v) is 8.60. The second-order valence-corrected chi connectivity index (χ2v) is 13.1. The van der Waals surface area contributed by atoms with Crippen molar-refractivity contribution in [3.63, 3.8) is 0 Å². The summed E-state index contributed by atoms with van der Waals surface area (Å²) in [5, 5.41) is 8.29. The summed E-state index contributed by atoms with van der Waals surface area (Å²) in [6.45, 7) is 9.31. The number of benzene rings is 1. The first kappa shape index (κ1) is 33.6. The summed E-state index contributed by atoms with van der Waals surface area (Å²) in [6.07, 6.45) is 4.65. The number of hydrogen-bond acceptors (Lipinski definition) is 12. The zero-order chi connectivity index (χ0) is 34.9. The summed E-state index contributed by atoms with van der Waals surface area (Å²) in [7, 11) is 4.70. The molecule has 2 aliphatic heterocycles. The molecule has 262 valence electrons. The number of rotatable bonds is 10. The van der Waals surface area contributed by atoms with Gasteiger partial charge in [0, 0.05) is 51.4 Å². The van der Waals surface area contributed by atoms with Gasteiger partial charge in [0.15, 0.2) is 17.3 Å². The number of nitrogens with two attached hydrogens (primary N) is 1. The maximum atomic E-state index is 12.6. The normalized spacial score (nSPS) is 17.0. The minimum atomic E-state index is -0.542. The highest BCUT2D eigenvalue weighted by molar-refractivity contribution is 5.84. The van der Waals surface area contributed by atoms with Crippen molar-refractivity contribution < 1.29 is 28.5 Å². The Morgan fingerprint density at radius 1 is 1.00 bits per heavy atom. The number of nitrogens with zero attached hydrogens (tertiary/aromatic N) is 8. The average molecular weight is 677 g/mol. The molecule has 0 saturated carbocycles. The van der Waals surface area contributed by atoms with Crippen LogP contribution in [-0.2, 0) is 16.1 Å². The summed E-state index contributed by atoms with van der Waals surface area (Å²) >= 11 is 0. The van der Waals surface area contributed by atoms with E-state index in [0.29, 0.717) is 80.5 Å². The van der Waals surface area contributed by atoms with Crippen LogP contribution in [0, 0.1) is 0 Å². The number of methoxy groups -OCH3 is 3. The van der Waals surface area contributed by atoms with E-state index in [4.69, 9.17) is 34.8 Å². The smallest absolute Gasteiger partial charge is 0.410 e. The van der Waals surface area contributed by atoms with E-state index < -0.39 is 17.6 Å². The van der Waals surface area contributed by atoms with Crippen LogP contribution in [0.5, 0.6) is 17.2 Å². The Bertz CT molecular complexity index is 1800. The number of ether oxygens (including phenoxy) is 4. The summed E-state index contributed by atoms with van der Waals surface area (Å²) in [5.74, 6) is 2.58. The van der Waals surface area contributed by atoms with E-state index >= 15 is 0 Å². The van der Waals surface area contributed by atoms with E-state index in [0.717, 1.165) is 23.3 Å². The van der Waals surface area contributed by atoms with Crippen molar-refractivity contribution in [3.8, 4) is 22.9 Å². The molecule has 6 rings (SSSR count). The third kappa shape index (κ3) is 7.13. The lowest BCUT2D eigenvalue weighted by molar-refractivity contribution is -0.119. The first-order chi connectivity index (χ1) is 23.5. The van der Waals surface area contributed by atoms with Gasteiger partial charge in [-0.15, -0.1) is 5.10 Å². The zero-order valence-electron chi connectivity index (χ0n) is 28.8. The number of carbonyl (C=O) groups is 2. The number of hydrogen-bond donors (Lipinski definition) is 2. The lowest BCUT2D eigenvalue weighted by Gasteiger charge is -2.35. The monoisotopic (exact) mass is 676 g/mol. The van der Waals surface area contributed by atoms with Gasteiger partial charge >= 0.3 is 6.09 Å². The topological polar surface area (TPSA) is 167 Å². The molecular weight excluding hydrogens is 632 g/mol. The molecule has 3 aromatic heterocycles. The van der Waals surface area contributed by atoms with Crippen LogP contribution in [0.1, 0.15) is 39.3 Å². The second kappa shape index (κ2) is 13.7. The van der Waals surface area contributed by atoms with Gasteiger partial charge < -0.3 is 44.4 Å². The highest BCUT2D eigenvalue weighted by Crippen LogP contribution is 2.39. The van der Waals surface area contributed by atoms with Crippen molar-refractivity contribution in [2.24, 2.45) is 5.73 Å². The zero-order valence-corrected chi connectivity index (χ0v) is 28.8. The number of carbonyl (C=O) groups excluding carboxylic acids is 2. The molecule has 0 unspecified atom stereocenters. The Morgan fingerprint density at radius 3 is 2.35 bits per heavy atom. The molecule has 49 heavy (non-hydrogen) atoms. The number of imidazole rings is 1. The van der Waals surface area contributed by atoms with E-state index in [1.165, 1.54) is 0 Å². The SMILES string of the molecule is COc1cc(-n2cnc(Nc3nc(N4CCC[C@H]4C(N)=O)nn4c(CN5CCN(C(=O)OC(C)(C)C)CC5)ccc34)c2)cc(OC)c1OC. The van der Waals surface area contributed by atoms with Gasteiger partial charge in [-0.1, -0.05) is 0 Å². The van der Waals surface area contributed by atoms with E-state index in [9.17, 15) is 9.59 Å². The fourth-order valence-corrected chi connectivity index (χ4v) is 6.18. The minimum Gasteiger partial charge on any atom is -0.493 e. The van der Waals surface area contributed by atoms with Crippen LogP contribution >= 0.6 is 0 Å². The van der Waals surface area contributed by atoms with Gasteiger partial charge in [-0.2, -0.15) is 4.98 Å². The molecule has 16 heteroatoms. The fourth-order valence-electron chi connectivity index (χ4n) is 6.18. The van der Waals surface area contributed by atoms with Gasteiger partial charge in [-0.05, 0) is 45.7 Å². The molecule has 2 saturated heterocycles. The van der Waals surface area contributed by atoms with Gasteiger partial charge in [0.05, 0.1) is 38.9 Å². The van der Waals surface area contributed by atoms with Crippen LogP contribution in [0.25, 0.3) is 11.2 Å². The lowest BCUT2D eigenvalue weighted by atomic mass is 10.2. The molecule has 2 aliphatic rings. The average Bonchev–Trinajstić information content (AvgIpc) is 3.84. The second-order valence-electron chi connectivity index (χ2n) is 13.1. The van der Waals surface area contributed by atoms with Crippen LogP contribution in [-0.4, -0.2) is 112 Å². The number of amides is 2. The maximum Gasteiger partial charge on any atom is 0.410 e. The predicted octanol–water partition coefficient (Wildman–Crippen LogP) is 3.19. The fraction of sp³-hybridized carbons (Fsp3) is 0.485. The summed E-state index contributed by atoms with van der Waals surface area (Å²) in [6, 6.07) is 7.15. The quantitative estimate of drug-likeness (QED) is 0.252. The molecular formula is C33H44N10O6. The predicted molar refractivity (Wildman–Crippen MR) is 182 cm³/mol. The number of anilines is 3. The van der Waals surface area contributed by atoms with Gasteiger partial charge in [0.1, 0.15) is 29.3 Å². The van der Waals surface area contributed by atoms with Crippen LogP contribution in [0.2, 0.25) is 0 Å². The highest BCUT2D eigenvalue weighted by Gasteiger charge is 2.32. The van der Waals surface area contributed by atoms with E-state index in [-0.39, 0.29) is 6.09 Å². The largest absolute Gasteiger partial charge is 0.493 e. The molecule has 5 heterocycles. The Labute approximate surface area is 284 Å². The van der Waals surface area contributed by atoms with Gasteiger partial charge in [0.2, 0.25) is 17.6 Å². The van der Waals surface area contributed by atoms with Crippen molar-refractivity contribution in [1.82, 2.24) is 33.9 Å². The van der Waals surface area contributed by atoms with Crippen molar-refractivity contribution in [3.05, 3.63) is 42.5 Å². The van der Waals surface area contributed by atoms with Crippen LogP contribution < -0.4 is 30.2 Å². The minimum absolute atomic E-state index is 0.296. The molecule has 2 fully saturated rings. The van der Waals surface area contributed by atoms with Gasteiger partial charge in [-0.25, -0.2) is 14.3 Å². The summed E-state index contributed by atoms with van der Waals surface area (Å²) < 4.78 is 25.8.